The molecular weight excluding hydrogens is 238 g/mol. The normalized spacial score (nSPS) is 10.5. The molecule has 5 nitrogen and oxygen atoms in total. The molecule has 0 atom stereocenters. The van der Waals surface area contributed by atoms with E-state index in [1.807, 2.05) is 20.0 Å². The first-order valence-electron chi connectivity index (χ1n) is 7.24. The number of nitrogens with zero attached hydrogens (tertiary/aromatic N) is 2. The van der Waals surface area contributed by atoms with Gasteiger partial charge < -0.3 is 16.0 Å². The molecule has 1 aromatic heterocycles. The van der Waals surface area contributed by atoms with Crippen LogP contribution in [0.15, 0.2) is 6.07 Å². The van der Waals surface area contributed by atoms with Crippen LogP contribution < -0.4 is 16.0 Å². The number of hydrogen-bond donors (Lipinski definition) is 3. The summed E-state index contributed by atoms with van der Waals surface area (Å²) in [7, 11) is 1.97. The Morgan fingerprint density at radius 1 is 0.947 bits per heavy atom. The minimum atomic E-state index is 0.802. The van der Waals surface area contributed by atoms with Crippen LogP contribution in [-0.4, -0.2) is 36.6 Å². The van der Waals surface area contributed by atoms with E-state index in [4.69, 9.17) is 0 Å². The van der Waals surface area contributed by atoms with Crippen molar-refractivity contribution < 1.29 is 0 Å². The van der Waals surface area contributed by atoms with Gasteiger partial charge in [-0.25, -0.2) is 9.97 Å². The van der Waals surface area contributed by atoms with Crippen molar-refractivity contribution in [1.82, 2.24) is 15.3 Å². The molecule has 5 heteroatoms. The van der Waals surface area contributed by atoms with Crippen molar-refractivity contribution in [2.24, 2.45) is 0 Å². The lowest BCUT2D eigenvalue weighted by Gasteiger charge is -2.10. The van der Waals surface area contributed by atoms with Crippen molar-refractivity contribution in [3.63, 3.8) is 0 Å². The van der Waals surface area contributed by atoms with Gasteiger partial charge >= 0.3 is 0 Å². The fraction of sp³-hybridized carbons (Fsp3) is 0.714. The summed E-state index contributed by atoms with van der Waals surface area (Å²) in [6.07, 6.45) is 4.76. The zero-order valence-corrected chi connectivity index (χ0v) is 12.4. The van der Waals surface area contributed by atoms with Crippen molar-refractivity contribution in [2.45, 2.75) is 39.5 Å². The molecule has 0 bridgehead atoms. The summed E-state index contributed by atoms with van der Waals surface area (Å²) in [5.74, 6) is 2.62. The quantitative estimate of drug-likeness (QED) is 0.567. The third-order valence-electron chi connectivity index (χ3n) is 2.83. The summed E-state index contributed by atoms with van der Waals surface area (Å²) in [4.78, 5) is 8.79. The van der Waals surface area contributed by atoms with Crippen LogP contribution in [0.25, 0.3) is 0 Å². The Balaban J connectivity index is 2.41. The Hall–Kier alpha value is -1.36. The molecule has 0 aliphatic heterocycles. The summed E-state index contributed by atoms with van der Waals surface area (Å²) in [5, 5.41) is 9.82. The first-order valence-corrected chi connectivity index (χ1v) is 7.24. The van der Waals surface area contributed by atoms with E-state index in [-0.39, 0.29) is 0 Å². The smallest absolute Gasteiger partial charge is 0.131 e. The number of anilines is 2. The minimum Gasteiger partial charge on any atom is -0.370 e. The molecule has 0 aromatic carbocycles. The molecule has 0 aliphatic carbocycles. The predicted octanol–water partition coefficient (Wildman–Crippen LogP) is 2.41. The Labute approximate surface area is 116 Å². The monoisotopic (exact) mass is 265 g/mol. The molecule has 0 unspecified atom stereocenters. The Bertz CT molecular complexity index is 323. The van der Waals surface area contributed by atoms with Gasteiger partial charge in [0.15, 0.2) is 0 Å². The van der Waals surface area contributed by atoms with Gasteiger partial charge in [0, 0.05) is 19.2 Å². The molecule has 0 radical (unpaired) electrons. The van der Waals surface area contributed by atoms with Crippen LogP contribution in [-0.2, 0) is 0 Å². The molecule has 1 heterocycles. The van der Waals surface area contributed by atoms with E-state index in [2.05, 4.69) is 32.8 Å². The molecule has 0 spiro atoms. The third-order valence-corrected chi connectivity index (χ3v) is 2.83. The lowest BCUT2D eigenvalue weighted by atomic mass is 10.2. The Morgan fingerprint density at radius 2 is 1.58 bits per heavy atom. The van der Waals surface area contributed by atoms with Crippen molar-refractivity contribution in [2.75, 3.05) is 37.3 Å². The second-order valence-corrected chi connectivity index (χ2v) is 4.70. The molecule has 0 aliphatic rings. The standard InChI is InChI=1S/C14H27N5/c1-4-5-6-9-16-13-11-14(19-12(2)18-13)17-10-7-8-15-3/h11,15H,4-10H2,1-3H3,(H2,16,17,18,19). The fourth-order valence-corrected chi connectivity index (χ4v) is 1.82. The van der Waals surface area contributed by atoms with E-state index in [0.29, 0.717) is 0 Å². The highest BCUT2D eigenvalue weighted by Gasteiger charge is 2.01. The summed E-state index contributed by atoms with van der Waals surface area (Å²) >= 11 is 0. The number of rotatable bonds is 10. The molecule has 19 heavy (non-hydrogen) atoms. The third kappa shape index (κ3) is 6.96. The zero-order chi connectivity index (χ0) is 13.9. The van der Waals surface area contributed by atoms with E-state index in [1.54, 1.807) is 0 Å². The highest BCUT2D eigenvalue weighted by Crippen LogP contribution is 2.11. The van der Waals surface area contributed by atoms with Crippen molar-refractivity contribution in [3.05, 3.63) is 11.9 Å². The van der Waals surface area contributed by atoms with Gasteiger partial charge in [-0.2, -0.15) is 0 Å². The number of aryl methyl sites for hydroxylation is 1. The van der Waals surface area contributed by atoms with Crippen molar-refractivity contribution >= 4 is 11.6 Å². The molecule has 0 saturated heterocycles. The minimum absolute atomic E-state index is 0.802. The largest absolute Gasteiger partial charge is 0.370 e. The van der Waals surface area contributed by atoms with Gasteiger partial charge in [0.25, 0.3) is 0 Å². The van der Waals surface area contributed by atoms with Gasteiger partial charge in [0.2, 0.25) is 0 Å². The maximum Gasteiger partial charge on any atom is 0.131 e. The van der Waals surface area contributed by atoms with Gasteiger partial charge in [-0.05, 0) is 33.4 Å². The highest BCUT2D eigenvalue weighted by molar-refractivity contribution is 5.47. The number of aromatic nitrogens is 2. The molecule has 108 valence electrons. The van der Waals surface area contributed by atoms with Gasteiger partial charge in [-0.3, -0.25) is 0 Å². The summed E-state index contributed by atoms with van der Waals surface area (Å²) in [5.41, 5.74) is 0. The Morgan fingerprint density at radius 3 is 2.16 bits per heavy atom. The maximum atomic E-state index is 4.40. The summed E-state index contributed by atoms with van der Waals surface area (Å²) in [6, 6.07) is 1.98. The van der Waals surface area contributed by atoms with Crippen LogP contribution in [0.3, 0.4) is 0 Å². The maximum absolute atomic E-state index is 4.40. The lowest BCUT2D eigenvalue weighted by Crippen LogP contribution is -2.14. The van der Waals surface area contributed by atoms with E-state index in [9.17, 15) is 0 Å². The van der Waals surface area contributed by atoms with Crippen LogP contribution in [0.2, 0.25) is 0 Å². The van der Waals surface area contributed by atoms with Crippen LogP contribution in [0, 0.1) is 6.92 Å². The first-order chi connectivity index (χ1) is 9.26. The molecule has 0 fully saturated rings. The average molecular weight is 265 g/mol. The molecule has 0 amide bonds. The molecule has 1 rings (SSSR count). The van der Waals surface area contributed by atoms with Crippen LogP contribution in [0.1, 0.15) is 38.4 Å². The number of unbranched alkanes of at least 4 members (excludes halogenated alkanes) is 2. The highest BCUT2D eigenvalue weighted by atomic mass is 15.1. The Kier molecular flexibility index (Phi) is 7.89. The predicted molar refractivity (Wildman–Crippen MR) is 81.8 cm³/mol. The van der Waals surface area contributed by atoms with E-state index >= 15 is 0 Å². The van der Waals surface area contributed by atoms with E-state index in [0.717, 1.165) is 43.5 Å². The molecular formula is C14H27N5. The molecule has 0 saturated carbocycles. The number of nitrogens with one attached hydrogen (secondary N) is 3. The topological polar surface area (TPSA) is 61.9 Å². The van der Waals surface area contributed by atoms with Crippen molar-refractivity contribution in [3.8, 4) is 0 Å². The van der Waals surface area contributed by atoms with Crippen LogP contribution in [0.4, 0.5) is 11.6 Å². The zero-order valence-electron chi connectivity index (χ0n) is 12.4. The molecule has 3 N–H and O–H groups in total. The van der Waals surface area contributed by atoms with Gasteiger partial charge in [-0.15, -0.1) is 0 Å². The van der Waals surface area contributed by atoms with Gasteiger partial charge in [-0.1, -0.05) is 19.8 Å². The SMILES string of the molecule is CCCCCNc1cc(NCCCNC)nc(C)n1. The second-order valence-electron chi connectivity index (χ2n) is 4.70. The second kappa shape index (κ2) is 9.55. The summed E-state index contributed by atoms with van der Waals surface area (Å²) in [6.45, 7) is 7.05. The number of hydrogen-bond acceptors (Lipinski definition) is 5. The molecule has 1 aromatic rings. The fourth-order valence-electron chi connectivity index (χ4n) is 1.82. The average Bonchev–Trinajstić information content (AvgIpc) is 2.39. The van der Waals surface area contributed by atoms with E-state index in [1.165, 1.54) is 19.3 Å². The van der Waals surface area contributed by atoms with Crippen LogP contribution in [0.5, 0.6) is 0 Å². The van der Waals surface area contributed by atoms with Gasteiger partial charge in [0.1, 0.15) is 17.5 Å². The van der Waals surface area contributed by atoms with Gasteiger partial charge in [0.05, 0.1) is 0 Å². The summed E-state index contributed by atoms with van der Waals surface area (Å²) < 4.78 is 0. The van der Waals surface area contributed by atoms with Crippen molar-refractivity contribution in [1.29, 1.82) is 0 Å². The van der Waals surface area contributed by atoms with Crippen LogP contribution >= 0.6 is 0 Å². The van der Waals surface area contributed by atoms with E-state index < -0.39 is 0 Å². The lowest BCUT2D eigenvalue weighted by molar-refractivity contribution is 0.741. The first kappa shape index (κ1) is 15.7.